The van der Waals surface area contributed by atoms with Crippen LogP contribution >= 0.6 is 0 Å². The Balaban J connectivity index is 1.74. The van der Waals surface area contributed by atoms with Crippen LogP contribution in [0.3, 0.4) is 0 Å². The van der Waals surface area contributed by atoms with Gasteiger partial charge in [0.15, 0.2) is 0 Å². The van der Waals surface area contributed by atoms with E-state index in [1.165, 1.54) is 7.11 Å². The van der Waals surface area contributed by atoms with Gasteiger partial charge in [-0.3, -0.25) is 10.1 Å². The van der Waals surface area contributed by atoms with Crippen LogP contribution in [0.4, 0.5) is 0 Å². The van der Waals surface area contributed by atoms with Gasteiger partial charge in [-0.1, -0.05) is 30.3 Å². The average Bonchev–Trinajstić information content (AvgIpc) is 3.18. The maximum atomic E-state index is 11.8. The second-order valence-electron chi connectivity index (χ2n) is 4.40. The van der Waals surface area contributed by atoms with Gasteiger partial charge in [0.05, 0.1) is 18.8 Å². The van der Waals surface area contributed by atoms with Crippen molar-refractivity contribution in [2.24, 2.45) is 0 Å². The number of hydrogen-bond donors (Lipinski definition) is 3. The van der Waals surface area contributed by atoms with E-state index in [2.05, 4.69) is 10.6 Å². The van der Waals surface area contributed by atoms with Crippen molar-refractivity contribution in [2.45, 2.75) is 24.7 Å². The molecule has 0 bridgehead atoms. The zero-order valence-electron chi connectivity index (χ0n) is 10.3. The molecule has 18 heavy (non-hydrogen) atoms. The van der Waals surface area contributed by atoms with Gasteiger partial charge in [-0.15, -0.1) is 0 Å². The Morgan fingerprint density at radius 2 is 2.22 bits per heavy atom. The van der Waals surface area contributed by atoms with Gasteiger partial charge in [0.1, 0.15) is 6.04 Å². The van der Waals surface area contributed by atoms with E-state index in [0.717, 1.165) is 5.56 Å². The lowest BCUT2D eigenvalue weighted by atomic mass is 10.2. The molecule has 1 aliphatic heterocycles. The Bertz CT molecular complexity index is 396. The van der Waals surface area contributed by atoms with Crippen molar-refractivity contribution >= 4 is 5.91 Å². The molecule has 3 N–H and O–H groups in total. The molecule has 0 aromatic heterocycles. The summed E-state index contributed by atoms with van der Waals surface area (Å²) in [6.45, 7) is 0.741. The summed E-state index contributed by atoms with van der Waals surface area (Å²) in [7, 11) is 1.52. The lowest BCUT2D eigenvalue weighted by molar-refractivity contribution is -0.121. The molecule has 5 heteroatoms. The summed E-state index contributed by atoms with van der Waals surface area (Å²) in [5.74, 6) is -0.0843. The minimum Gasteiger partial charge on any atom is -0.389 e. The zero-order valence-corrected chi connectivity index (χ0v) is 10.3. The van der Waals surface area contributed by atoms with Crippen molar-refractivity contribution in [3.63, 3.8) is 0 Å². The van der Waals surface area contributed by atoms with Crippen LogP contribution in [0.15, 0.2) is 30.3 Å². The highest BCUT2D eigenvalue weighted by atomic mass is 16.5. The first kappa shape index (κ1) is 13.0. The normalized spacial score (nSPS) is 23.4. The number of benzene rings is 1. The Morgan fingerprint density at radius 3 is 2.89 bits per heavy atom. The fourth-order valence-electron chi connectivity index (χ4n) is 1.89. The number of amides is 1. The van der Waals surface area contributed by atoms with Gasteiger partial charge in [-0.25, -0.2) is 0 Å². The zero-order chi connectivity index (χ0) is 13.0. The molecule has 5 nitrogen and oxygen atoms in total. The summed E-state index contributed by atoms with van der Waals surface area (Å²) in [4.78, 5) is 11.8. The molecule has 2 rings (SSSR count). The van der Waals surface area contributed by atoms with Crippen molar-refractivity contribution < 1.29 is 14.6 Å². The highest BCUT2D eigenvalue weighted by Crippen LogP contribution is 2.15. The highest BCUT2D eigenvalue weighted by molar-refractivity contribution is 5.85. The predicted molar refractivity (Wildman–Crippen MR) is 66.9 cm³/mol. The second kappa shape index (κ2) is 5.95. The first-order valence-electron chi connectivity index (χ1n) is 5.97. The molecule has 3 atom stereocenters. The molecule has 98 valence electrons. The smallest absolute Gasteiger partial charge is 0.239 e. The first-order chi connectivity index (χ1) is 8.72. The highest BCUT2D eigenvalue weighted by Gasteiger charge is 2.46. The van der Waals surface area contributed by atoms with E-state index in [1.807, 2.05) is 30.3 Å². The monoisotopic (exact) mass is 250 g/mol. The minimum absolute atomic E-state index is 0.0843. The van der Waals surface area contributed by atoms with E-state index in [4.69, 9.17) is 4.74 Å². The van der Waals surface area contributed by atoms with Crippen LogP contribution < -0.4 is 10.6 Å². The van der Waals surface area contributed by atoms with Gasteiger partial charge in [-0.2, -0.15) is 0 Å². The Morgan fingerprint density at radius 1 is 1.50 bits per heavy atom. The largest absolute Gasteiger partial charge is 0.389 e. The molecule has 1 heterocycles. The second-order valence-corrected chi connectivity index (χ2v) is 4.40. The molecule has 0 aliphatic carbocycles. The summed E-state index contributed by atoms with van der Waals surface area (Å²) in [6, 6.07) is 9.21. The maximum Gasteiger partial charge on any atom is 0.239 e. The van der Waals surface area contributed by atoms with Crippen LogP contribution in [0, 0.1) is 0 Å². The third-order valence-electron chi connectivity index (χ3n) is 2.97. The number of carbonyl (C=O) groups is 1. The van der Waals surface area contributed by atoms with E-state index < -0.39 is 6.10 Å². The summed E-state index contributed by atoms with van der Waals surface area (Å²) >= 11 is 0. The van der Waals surface area contributed by atoms with Crippen LogP contribution in [0.1, 0.15) is 5.56 Å². The summed E-state index contributed by atoms with van der Waals surface area (Å²) in [5, 5.41) is 15.4. The Labute approximate surface area is 106 Å². The fraction of sp³-hybridized carbons (Fsp3) is 0.462. The van der Waals surface area contributed by atoms with Crippen molar-refractivity contribution in [3.8, 4) is 0 Å². The molecular formula is C13H18N2O3. The molecule has 1 aromatic carbocycles. The Kier molecular flexibility index (Phi) is 4.30. The van der Waals surface area contributed by atoms with Crippen LogP contribution in [-0.2, 0) is 16.1 Å². The average molecular weight is 250 g/mol. The van der Waals surface area contributed by atoms with Gasteiger partial charge in [-0.05, 0) is 5.56 Å². The third-order valence-corrected chi connectivity index (χ3v) is 2.97. The van der Waals surface area contributed by atoms with E-state index in [-0.39, 0.29) is 24.6 Å². The molecule has 1 saturated heterocycles. The van der Waals surface area contributed by atoms with Gasteiger partial charge >= 0.3 is 0 Å². The predicted octanol–water partition coefficient (Wildman–Crippen LogP) is -0.349. The maximum absolute atomic E-state index is 11.8. The molecular weight excluding hydrogens is 232 g/mol. The Hall–Kier alpha value is -1.43. The minimum atomic E-state index is -0.637. The van der Waals surface area contributed by atoms with Crippen molar-refractivity contribution in [3.05, 3.63) is 35.9 Å². The van der Waals surface area contributed by atoms with Crippen LogP contribution in [0.2, 0.25) is 0 Å². The molecule has 0 unspecified atom stereocenters. The lowest BCUT2D eigenvalue weighted by Gasteiger charge is -2.07. The number of nitrogens with one attached hydrogen (secondary N) is 2. The SMILES string of the molecule is COC[C@@H](O)[C@@H]1N[C@@H]1C(=O)NCc1ccccc1. The molecule has 1 amide bonds. The molecule has 1 aromatic rings. The number of rotatable bonds is 6. The number of hydrogen-bond acceptors (Lipinski definition) is 4. The lowest BCUT2D eigenvalue weighted by Crippen LogP contribution is -2.32. The van der Waals surface area contributed by atoms with Crippen LogP contribution in [0.5, 0.6) is 0 Å². The van der Waals surface area contributed by atoms with E-state index in [1.54, 1.807) is 0 Å². The summed E-state index contributed by atoms with van der Waals surface area (Å²) < 4.78 is 4.84. The molecule has 0 spiro atoms. The van der Waals surface area contributed by atoms with Gasteiger partial charge in [0, 0.05) is 13.7 Å². The van der Waals surface area contributed by atoms with Crippen LogP contribution in [0.25, 0.3) is 0 Å². The first-order valence-corrected chi connectivity index (χ1v) is 5.97. The quantitative estimate of drug-likeness (QED) is 0.603. The van der Waals surface area contributed by atoms with Gasteiger partial charge in [0.25, 0.3) is 0 Å². The number of aliphatic hydroxyl groups is 1. The number of aliphatic hydroxyl groups excluding tert-OH is 1. The summed E-state index contributed by atoms with van der Waals surface area (Å²) in [6.07, 6.45) is -0.637. The number of carbonyl (C=O) groups excluding carboxylic acids is 1. The van der Waals surface area contributed by atoms with Crippen molar-refractivity contribution in [1.82, 2.24) is 10.6 Å². The molecule has 0 radical (unpaired) electrons. The third kappa shape index (κ3) is 3.29. The standard InChI is InChI=1S/C13H18N2O3/c1-18-8-10(16)11-12(15-11)13(17)14-7-9-5-3-2-4-6-9/h2-6,10-12,15-16H,7-8H2,1H3,(H,14,17)/t10-,11+,12+/m1/s1. The topological polar surface area (TPSA) is 80.5 Å². The molecule has 0 saturated carbocycles. The number of ether oxygens (including phenoxy) is 1. The van der Waals surface area contributed by atoms with Gasteiger partial charge in [0.2, 0.25) is 5.91 Å². The van der Waals surface area contributed by atoms with Crippen molar-refractivity contribution in [1.29, 1.82) is 0 Å². The van der Waals surface area contributed by atoms with Gasteiger partial charge < -0.3 is 15.2 Å². The fourth-order valence-corrected chi connectivity index (χ4v) is 1.89. The summed E-state index contributed by atoms with van der Waals surface area (Å²) in [5.41, 5.74) is 1.06. The molecule has 1 aliphatic rings. The van der Waals surface area contributed by atoms with E-state index >= 15 is 0 Å². The van der Waals surface area contributed by atoms with Crippen LogP contribution in [-0.4, -0.2) is 42.9 Å². The molecule has 1 fully saturated rings. The van der Waals surface area contributed by atoms with E-state index in [9.17, 15) is 9.90 Å². The van der Waals surface area contributed by atoms with Crippen molar-refractivity contribution in [2.75, 3.05) is 13.7 Å². The van der Waals surface area contributed by atoms with E-state index in [0.29, 0.717) is 6.54 Å². The number of methoxy groups -OCH3 is 1.